The van der Waals surface area contributed by atoms with Gasteiger partial charge < -0.3 is 20.1 Å². The number of hydrogen-bond donors (Lipinski definition) is 4. The van der Waals surface area contributed by atoms with Crippen molar-refractivity contribution >= 4 is 29.1 Å². The van der Waals surface area contributed by atoms with Crippen LogP contribution in [0.1, 0.15) is 24.1 Å². The number of carboxylic acid groups (broad SMARTS) is 1. The molecule has 1 aliphatic heterocycles. The molecule has 0 spiro atoms. The molecule has 1 fully saturated rings. The Kier molecular flexibility index (Phi) is 7.45. The smallest absolute Gasteiger partial charge is 0.310 e. The molecule has 2 aromatic heterocycles. The number of anilines is 4. The van der Waals surface area contributed by atoms with E-state index in [0.29, 0.717) is 32.8 Å². The summed E-state index contributed by atoms with van der Waals surface area (Å²) in [5.41, 5.74) is 9.03. The molecule has 4 N–H and O–H groups in total. The number of nitrogens with one attached hydrogen (secondary N) is 3. The number of hydrazine groups is 1. The maximum atomic E-state index is 14.1. The van der Waals surface area contributed by atoms with E-state index in [-0.39, 0.29) is 11.8 Å². The number of halogens is 1. The van der Waals surface area contributed by atoms with Crippen molar-refractivity contribution in [2.75, 3.05) is 41.9 Å². The lowest BCUT2D eigenvalue weighted by atomic mass is 10.0. The summed E-state index contributed by atoms with van der Waals surface area (Å²) in [7, 11) is 0. The van der Waals surface area contributed by atoms with Crippen LogP contribution in [0.2, 0.25) is 0 Å². The Morgan fingerprint density at radius 1 is 1.12 bits per heavy atom. The summed E-state index contributed by atoms with van der Waals surface area (Å²) in [6, 6.07) is 11.0. The van der Waals surface area contributed by atoms with Crippen molar-refractivity contribution in [3.63, 3.8) is 0 Å². The van der Waals surface area contributed by atoms with Gasteiger partial charge in [-0.2, -0.15) is 4.98 Å². The number of rotatable bonds is 9. The number of hydrogen-bond acceptors (Lipinski definition) is 9. The van der Waals surface area contributed by atoms with Gasteiger partial charge in [-0.1, -0.05) is 12.1 Å². The molecule has 0 radical (unpaired) electrons. The topological polar surface area (TPSA) is 125 Å². The Hall–Kier alpha value is -3.83. The van der Waals surface area contributed by atoms with Crippen LogP contribution in [0.25, 0.3) is 0 Å². The minimum atomic E-state index is -0.855. The number of aromatic nitrogens is 3. The van der Waals surface area contributed by atoms with Crippen LogP contribution in [0.15, 0.2) is 48.8 Å². The van der Waals surface area contributed by atoms with Gasteiger partial charge in [0.25, 0.3) is 0 Å². The van der Waals surface area contributed by atoms with E-state index in [9.17, 15) is 9.18 Å². The van der Waals surface area contributed by atoms with E-state index in [4.69, 9.17) is 9.84 Å². The molecule has 1 aliphatic rings. The van der Waals surface area contributed by atoms with Gasteiger partial charge in [0.15, 0.2) is 11.6 Å². The highest BCUT2D eigenvalue weighted by atomic mass is 19.1. The first-order chi connectivity index (χ1) is 16.5. The van der Waals surface area contributed by atoms with E-state index in [1.165, 1.54) is 0 Å². The zero-order valence-corrected chi connectivity index (χ0v) is 18.7. The number of pyridine rings is 1. The molecule has 10 nitrogen and oxygen atoms in total. The third kappa shape index (κ3) is 5.94. The van der Waals surface area contributed by atoms with Gasteiger partial charge in [0.05, 0.1) is 49.5 Å². The molecule has 1 atom stereocenters. The third-order valence-electron chi connectivity index (χ3n) is 5.40. The van der Waals surface area contributed by atoms with E-state index >= 15 is 0 Å². The first kappa shape index (κ1) is 23.3. The fourth-order valence-electron chi connectivity index (χ4n) is 3.40. The van der Waals surface area contributed by atoms with Crippen LogP contribution in [0.5, 0.6) is 0 Å². The zero-order chi connectivity index (χ0) is 23.9. The molecule has 0 amide bonds. The summed E-state index contributed by atoms with van der Waals surface area (Å²) in [6.45, 7) is 4.29. The van der Waals surface area contributed by atoms with Crippen LogP contribution >= 0.6 is 0 Å². The molecular weight excluding hydrogens is 441 g/mol. The standard InChI is InChI=1S/C23H26FN7O3/c1-15(22(32)33)16-2-4-17(5-3-16)28-19-7-6-18(25-12-19)13-27-30-23-26-14-20(24)21(29-23)31-8-10-34-11-9-31/h2-7,12,14-15,27-28H,8-11,13H2,1H3,(H,32,33)(H,26,29,30). The summed E-state index contributed by atoms with van der Waals surface area (Å²) >= 11 is 0. The van der Waals surface area contributed by atoms with Crippen molar-refractivity contribution in [1.82, 2.24) is 20.4 Å². The average molecular weight is 468 g/mol. The van der Waals surface area contributed by atoms with Gasteiger partial charge in [0.1, 0.15) is 0 Å². The summed E-state index contributed by atoms with van der Waals surface area (Å²) in [5, 5.41) is 12.3. The van der Waals surface area contributed by atoms with Crippen LogP contribution in [-0.4, -0.2) is 52.3 Å². The summed E-state index contributed by atoms with van der Waals surface area (Å²) in [5.74, 6) is -1.36. The normalized spacial score (nSPS) is 14.5. The van der Waals surface area contributed by atoms with Gasteiger partial charge >= 0.3 is 5.97 Å². The molecule has 3 aromatic rings. The molecule has 34 heavy (non-hydrogen) atoms. The molecule has 0 saturated carbocycles. The van der Waals surface area contributed by atoms with E-state index in [0.717, 1.165) is 28.8 Å². The van der Waals surface area contributed by atoms with Crippen molar-refractivity contribution < 1.29 is 19.0 Å². The van der Waals surface area contributed by atoms with Gasteiger partial charge in [-0.05, 0) is 36.8 Å². The Labute approximate surface area is 196 Å². The summed E-state index contributed by atoms with van der Waals surface area (Å²) < 4.78 is 19.4. The number of nitrogens with zero attached hydrogens (tertiary/aromatic N) is 4. The molecular formula is C23H26FN7O3. The minimum Gasteiger partial charge on any atom is -0.481 e. The lowest BCUT2D eigenvalue weighted by Crippen LogP contribution is -2.37. The number of aliphatic carboxylic acids is 1. The SMILES string of the molecule is CC(C(=O)O)c1ccc(Nc2ccc(CNNc3ncc(F)c(N4CCOCC4)n3)nc2)cc1. The van der Waals surface area contributed by atoms with Gasteiger partial charge in [-0.3, -0.25) is 15.2 Å². The van der Waals surface area contributed by atoms with E-state index in [1.807, 2.05) is 29.2 Å². The van der Waals surface area contributed by atoms with Crippen LogP contribution in [-0.2, 0) is 16.1 Å². The van der Waals surface area contributed by atoms with Crippen molar-refractivity contribution in [1.29, 1.82) is 0 Å². The van der Waals surface area contributed by atoms with Crippen LogP contribution in [0.4, 0.5) is 27.5 Å². The second-order valence-corrected chi connectivity index (χ2v) is 7.79. The van der Waals surface area contributed by atoms with Crippen LogP contribution in [0, 0.1) is 5.82 Å². The van der Waals surface area contributed by atoms with Gasteiger partial charge in [-0.25, -0.2) is 14.8 Å². The molecule has 1 saturated heterocycles. The predicted octanol–water partition coefficient (Wildman–Crippen LogP) is 2.90. The molecule has 3 heterocycles. The maximum absolute atomic E-state index is 14.1. The Morgan fingerprint density at radius 2 is 1.85 bits per heavy atom. The quantitative estimate of drug-likeness (QED) is 0.349. The molecule has 1 aromatic carbocycles. The number of carbonyl (C=O) groups is 1. The average Bonchev–Trinajstić information content (AvgIpc) is 2.86. The molecule has 0 bridgehead atoms. The molecule has 4 rings (SSSR count). The lowest BCUT2D eigenvalue weighted by molar-refractivity contribution is -0.138. The number of ether oxygens (including phenoxy) is 1. The predicted molar refractivity (Wildman–Crippen MR) is 125 cm³/mol. The molecule has 1 unspecified atom stereocenters. The summed E-state index contributed by atoms with van der Waals surface area (Å²) in [4.78, 5) is 25.6. The minimum absolute atomic E-state index is 0.251. The Balaban J connectivity index is 1.28. The second kappa shape index (κ2) is 10.9. The van der Waals surface area contributed by atoms with Crippen molar-refractivity contribution in [2.24, 2.45) is 0 Å². The monoisotopic (exact) mass is 467 g/mol. The van der Waals surface area contributed by atoms with Crippen molar-refractivity contribution in [2.45, 2.75) is 19.4 Å². The van der Waals surface area contributed by atoms with Gasteiger partial charge in [0, 0.05) is 18.8 Å². The van der Waals surface area contributed by atoms with Gasteiger partial charge in [-0.15, -0.1) is 0 Å². The number of benzene rings is 1. The lowest BCUT2D eigenvalue weighted by Gasteiger charge is -2.28. The van der Waals surface area contributed by atoms with E-state index in [1.54, 1.807) is 25.3 Å². The zero-order valence-electron chi connectivity index (χ0n) is 18.7. The molecule has 0 aliphatic carbocycles. The third-order valence-corrected chi connectivity index (χ3v) is 5.40. The van der Waals surface area contributed by atoms with Crippen LogP contribution < -0.4 is 21.1 Å². The Bertz CT molecular complexity index is 1110. The fraction of sp³-hybridized carbons (Fsp3) is 0.304. The first-order valence-corrected chi connectivity index (χ1v) is 10.9. The highest BCUT2D eigenvalue weighted by Gasteiger charge is 2.18. The number of carboxylic acids is 1. The fourth-order valence-corrected chi connectivity index (χ4v) is 3.40. The maximum Gasteiger partial charge on any atom is 0.310 e. The molecule has 178 valence electrons. The van der Waals surface area contributed by atoms with Crippen LogP contribution in [0.3, 0.4) is 0 Å². The van der Waals surface area contributed by atoms with Crippen molar-refractivity contribution in [3.05, 3.63) is 65.9 Å². The highest BCUT2D eigenvalue weighted by Crippen LogP contribution is 2.21. The largest absolute Gasteiger partial charge is 0.481 e. The molecule has 11 heteroatoms. The van der Waals surface area contributed by atoms with E-state index < -0.39 is 17.7 Å². The first-order valence-electron chi connectivity index (χ1n) is 10.9. The highest BCUT2D eigenvalue weighted by molar-refractivity contribution is 5.75. The number of morpholine rings is 1. The second-order valence-electron chi connectivity index (χ2n) is 7.79. The van der Waals surface area contributed by atoms with Gasteiger partial charge in [0.2, 0.25) is 5.95 Å². The Morgan fingerprint density at radius 3 is 2.53 bits per heavy atom. The van der Waals surface area contributed by atoms with E-state index in [2.05, 4.69) is 31.1 Å². The summed E-state index contributed by atoms with van der Waals surface area (Å²) in [6.07, 6.45) is 2.85. The van der Waals surface area contributed by atoms with Crippen molar-refractivity contribution in [3.8, 4) is 0 Å².